The van der Waals surface area contributed by atoms with Gasteiger partial charge in [0.05, 0.1) is 6.54 Å². The third-order valence-corrected chi connectivity index (χ3v) is 4.16. The lowest BCUT2D eigenvalue weighted by Crippen LogP contribution is -2.40. The van der Waals surface area contributed by atoms with E-state index in [2.05, 4.69) is 5.32 Å². The Morgan fingerprint density at radius 2 is 1.65 bits per heavy atom. The number of halogens is 1. The maximum absolute atomic E-state index is 13.0. The van der Waals surface area contributed by atoms with Gasteiger partial charge in [0.1, 0.15) is 11.4 Å². The van der Waals surface area contributed by atoms with E-state index in [9.17, 15) is 14.0 Å². The molecule has 2 aromatic rings. The number of nitrogens with zero attached hydrogens (tertiary/aromatic N) is 1. The predicted molar refractivity (Wildman–Crippen MR) is 84.0 cm³/mol. The van der Waals surface area contributed by atoms with Gasteiger partial charge in [-0.2, -0.15) is 0 Å². The van der Waals surface area contributed by atoms with Gasteiger partial charge >= 0.3 is 6.03 Å². The molecule has 3 rings (SSSR count). The zero-order valence-corrected chi connectivity index (χ0v) is 13.0. The van der Waals surface area contributed by atoms with E-state index in [-0.39, 0.29) is 18.3 Å². The van der Waals surface area contributed by atoms with Crippen molar-refractivity contribution in [2.75, 3.05) is 0 Å². The van der Waals surface area contributed by atoms with Crippen LogP contribution in [0.2, 0.25) is 0 Å². The van der Waals surface area contributed by atoms with Gasteiger partial charge in [0.15, 0.2) is 0 Å². The summed E-state index contributed by atoms with van der Waals surface area (Å²) in [5.74, 6) is -0.661. The number of rotatable bonds is 3. The fourth-order valence-electron chi connectivity index (χ4n) is 2.70. The molecule has 0 saturated carbocycles. The van der Waals surface area contributed by atoms with Gasteiger partial charge in [-0.25, -0.2) is 9.18 Å². The van der Waals surface area contributed by atoms with Gasteiger partial charge in [0, 0.05) is 0 Å². The topological polar surface area (TPSA) is 49.4 Å². The average molecular weight is 312 g/mol. The number of carbonyl (C=O) groups excluding carboxylic acids is 2. The second kappa shape index (κ2) is 5.50. The molecule has 0 aromatic heterocycles. The second-order valence-corrected chi connectivity index (χ2v) is 5.94. The van der Waals surface area contributed by atoms with Crippen molar-refractivity contribution in [2.24, 2.45) is 0 Å². The van der Waals surface area contributed by atoms with Gasteiger partial charge in [-0.1, -0.05) is 42.0 Å². The first-order valence-electron chi connectivity index (χ1n) is 7.36. The fourth-order valence-corrected chi connectivity index (χ4v) is 2.70. The minimum absolute atomic E-state index is 0.117. The first-order chi connectivity index (χ1) is 10.9. The summed E-state index contributed by atoms with van der Waals surface area (Å²) < 4.78 is 13.0. The highest BCUT2D eigenvalue weighted by Gasteiger charge is 2.48. The zero-order chi connectivity index (χ0) is 16.6. The van der Waals surface area contributed by atoms with Gasteiger partial charge in [-0.15, -0.1) is 0 Å². The van der Waals surface area contributed by atoms with Crippen LogP contribution in [0.4, 0.5) is 9.18 Å². The molecule has 23 heavy (non-hydrogen) atoms. The first-order valence-corrected chi connectivity index (χ1v) is 7.36. The molecule has 1 heterocycles. The summed E-state index contributed by atoms with van der Waals surface area (Å²) in [6.45, 7) is 3.77. The molecule has 4 nitrogen and oxygen atoms in total. The summed E-state index contributed by atoms with van der Waals surface area (Å²) in [5, 5.41) is 2.76. The number of hydrogen-bond acceptors (Lipinski definition) is 2. The number of carbonyl (C=O) groups is 2. The molecule has 2 aromatic carbocycles. The number of imide groups is 1. The lowest BCUT2D eigenvalue weighted by atomic mass is 9.91. The Labute approximate surface area is 133 Å². The number of amides is 3. The molecule has 0 aliphatic carbocycles. The summed E-state index contributed by atoms with van der Waals surface area (Å²) >= 11 is 0. The summed E-state index contributed by atoms with van der Waals surface area (Å²) in [7, 11) is 0. The number of benzene rings is 2. The third kappa shape index (κ3) is 2.70. The Morgan fingerprint density at radius 1 is 1.04 bits per heavy atom. The van der Waals surface area contributed by atoms with E-state index in [4.69, 9.17) is 0 Å². The molecule has 1 fully saturated rings. The van der Waals surface area contributed by atoms with Crippen LogP contribution in [0.25, 0.3) is 0 Å². The summed E-state index contributed by atoms with van der Waals surface area (Å²) in [6.07, 6.45) is 0. The molecule has 1 atom stereocenters. The molecule has 1 aliphatic rings. The van der Waals surface area contributed by atoms with E-state index in [1.54, 1.807) is 19.1 Å². The van der Waals surface area contributed by atoms with Crippen LogP contribution in [-0.2, 0) is 16.9 Å². The van der Waals surface area contributed by atoms with Gasteiger partial charge in [-0.3, -0.25) is 9.69 Å². The molecule has 0 radical (unpaired) electrons. The monoisotopic (exact) mass is 312 g/mol. The van der Waals surface area contributed by atoms with Gasteiger partial charge < -0.3 is 5.32 Å². The molecule has 1 saturated heterocycles. The quantitative estimate of drug-likeness (QED) is 0.885. The van der Waals surface area contributed by atoms with Crippen molar-refractivity contribution in [2.45, 2.75) is 25.9 Å². The van der Waals surface area contributed by atoms with Crippen LogP contribution >= 0.6 is 0 Å². The van der Waals surface area contributed by atoms with Gasteiger partial charge in [0.2, 0.25) is 0 Å². The highest BCUT2D eigenvalue weighted by molar-refractivity contribution is 6.07. The second-order valence-electron chi connectivity index (χ2n) is 5.94. The lowest BCUT2D eigenvalue weighted by molar-refractivity contribution is -0.131. The van der Waals surface area contributed by atoms with Crippen LogP contribution in [0.5, 0.6) is 0 Å². The van der Waals surface area contributed by atoms with Crippen LogP contribution in [-0.4, -0.2) is 16.8 Å². The Balaban J connectivity index is 1.87. The standard InChI is InChI=1S/C18H17FN2O2/c1-12-3-7-14(8-4-12)18(2)16(22)21(17(23)20-18)11-13-5-9-15(19)10-6-13/h3-10H,11H2,1-2H3,(H,20,23)/t18-/m0/s1. The number of hydrogen-bond donors (Lipinski definition) is 1. The Morgan fingerprint density at radius 3 is 2.26 bits per heavy atom. The molecular formula is C18H17FN2O2. The van der Waals surface area contributed by atoms with E-state index in [0.29, 0.717) is 5.56 Å². The van der Waals surface area contributed by atoms with Crippen molar-refractivity contribution in [3.8, 4) is 0 Å². The van der Waals surface area contributed by atoms with Crippen molar-refractivity contribution in [3.05, 3.63) is 71.0 Å². The Bertz CT molecular complexity index is 756. The van der Waals surface area contributed by atoms with Crippen LogP contribution in [0.1, 0.15) is 23.6 Å². The molecule has 1 N–H and O–H groups in total. The van der Waals surface area contributed by atoms with Gasteiger partial charge in [-0.05, 0) is 37.1 Å². The molecule has 0 unspecified atom stereocenters. The van der Waals surface area contributed by atoms with E-state index in [1.165, 1.54) is 12.1 Å². The van der Waals surface area contributed by atoms with Crippen LogP contribution < -0.4 is 5.32 Å². The predicted octanol–water partition coefficient (Wildman–Crippen LogP) is 3.10. The van der Waals surface area contributed by atoms with Crippen molar-refractivity contribution in [3.63, 3.8) is 0 Å². The van der Waals surface area contributed by atoms with Crippen LogP contribution in [0.3, 0.4) is 0 Å². The third-order valence-electron chi connectivity index (χ3n) is 4.16. The number of nitrogens with one attached hydrogen (secondary N) is 1. The minimum atomic E-state index is -1.08. The van der Waals surface area contributed by atoms with E-state index < -0.39 is 11.6 Å². The summed E-state index contributed by atoms with van der Waals surface area (Å²) in [6, 6.07) is 12.8. The van der Waals surface area contributed by atoms with Gasteiger partial charge in [0.25, 0.3) is 5.91 Å². The molecule has 5 heteroatoms. The van der Waals surface area contributed by atoms with Crippen molar-refractivity contribution in [1.82, 2.24) is 10.2 Å². The SMILES string of the molecule is Cc1ccc([C@]2(C)NC(=O)N(Cc3ccc(F)cc3)C2=O)cc1. The maximum atomic E-state index is 13.0. The lowest BCUT2D eigenvalue weighted by Gasteiger charge is -2.22. The summed E-state index contributed by atoms with van der Waals surface area (Å²) in [4.78, 5) is 26.2. The fraction of sp³-hybridized carbons (Fsp3) is 0.222. The average Bonchev–Trinajstić information content (AvgIpc) is 2.74. The van der Waals surface area contributed by atoms with E-state index in [1.807, 2.05) is 31.2 Å². The molecule has 3 amide bonds. The van der Waals surface area contributed by atoms with E-state index >= 15 is 0 Å². The maximum Gasteiger partial charge on any atom is 0.325 e. The highest BCUT2D eigenvalue weighted by atomic mass is 19.1. The van der Waals surface area contributed by atoms with Crippen LogP contribution in [0.15, 0.2) is 48.5 Å². The number of urea groups is 1. The highest BCUT2D eigenvalue weighted by Crippen LogP contribution is 2.29. The first kappa shape index (κ1) is 15.2. The molecule has 0 spiro atoms. The minimum Gasteiger partial charge on any atom is -0.319 e. The van der Waals surface area contributed by atoms with Crippen molar-refractivity contribution < 1.29 is 14.0 Å². The van der Waals surface area contributed by atoms with E-state index in [0.717, 1.165) is 16.0 Å². The molecule has 118 valence electrons. The van der Waals surface area contributed by atoms with Crippen LogP contribution in [0, 0.1) is 12.7 Å². The van der Waals surface area contributed by atoms with Crippen molar-refractivity contribution >= 4 is 11.9 Å². The molecule has 1 aliphatic heterocycles. The zero-order valence-electron chi connectivity index (χ0n) is 13.0. The Hall–Kier alpha value is -2.69. The number of aryl methyl sites for hydroxylation is 1. The molecular weight excluding hydrogens is 295 g/mol. The Kier molecular flexibility index (Phi) is 3.64. The normalized spacial score (nSPS) is 20.7. The smallest absolute Gasteiger partial charge is 0.319 e. The molecule has 0 bridgehead atoms. The van der Waals surface area contributed by atoms with Crippen molar-refractivity contribution in [1.29, 1.82) is 0 Å². The summed E-state index contributed by atoms with van der Waals surface area (Å²) in [5.41, 5.74) is 1.44. The largest absolute Gasteiger partial charge is 0.325 e.